The molecule has 0 saturated carbocycles. The van der Waals surface area contributed by atoms with Gasteiger partial charge in [-0.05, 0) is 25.0 Å². The predicted molar refractivity (Wildman–Crippen MR) is 49.7 cm³/mol. The number of aliphatic carboxylic acids is 1. The van der Waals surface area contributed by atoms with E-state index in [4.69, 9.17) is 5.11 Å². The van der Waals surface area contributed by atoms with Crippen LogP contribution < -0.4 is 5.32 Å². The van der Waals surface area contributed by atoms with Crippen molar-refractivity contribution in [3.8, 4) is 0 Å². The summed E-state index contributed by atoms with van der Waals surface area (Å²) in [6, 6.07) is 1.64. The third-order valence-electron chi connectivity index (χ3n) is 2.51. The summed E-state index contributed by atoms with van der Waals surface area (Å²) >= 11 is 0. The smallest absolute Gasteiger partial charge is 0.326 e. The maximum absolute atomic E-state index is 13.2. The zero-order valence-electron chi connectivity index (χ0n) is 7.76. The Kier molecular flexibility index (Phi) is 2.30. The van der Waals surface area contributed by atoms with Gasteiger partial charge >= 0.3 is 5.97 Å². The first-order valence-corrected chi connectivity index (χ1v) is 4.56. The van der Waals surface area contributed by atoms with Crippen LogP contribution >= 0.6 is 0 Å². The van der Waals surface area contributed by atoms with E-state index in [-0.39, 0.29) is 18.4 Å². The van der Waals surface area contributed by atoms with E-state index in [1.54, 1.807) is 0 Å². The van der Waals surface area contributed by atoms with Crippen LogP contribution in [0.2, 0.25) is 0 Å². The first-order chi connectivity index (χ1) is 7.09. The molecule has 1 heterocycles. The molecule has 0 saturated heterocycles. The number of nitrogens with one attached hydrogen (secondary N) is 1. The van der Waals surface area contributed by atoms with Gasteiger partial charge in [0.1, 0.15) is 6.04 Å². The van der Waals surface area contributed by atoms with E-state index >= 15 is 0 Å². The number of benzene rings is 1. The van der Waals surface area contributed by atoms with Crippen LogP contribution in [0.25, 0.3) is 0 Å². The van der Waals surface area contributed by atoms with Crippen LogP contribution in [0.15, 0.2) is 12.1 Å². The lowest BCUT2D eigenvalue weighted by molar-refractivity contribution is -0.138. The molecule has 0 bridgehead atoms. The molecule has 2 N–H and O–H groups in total. The second-order valence-electron chi connectivity index (χ2n) is 3.46. The summed E-state index contributed by atoms with van der Waals surface area (Å²) < 4.78 is 26.1. The van der Waals surface area contributed by atoms with Gasteiger partial charge in [-0.1, -0.05) is 0 Å². The second-order valence-corrected chi connectivity index (χ2v) is 3.46. The number of rotatable bonds is 1. The molecule has 1 aliphatic heterocycles. The van der Waals surface area contributed by atoms with Crippen LogP contribution in [-0.2, 0) is 11.2 Å². The number of carbonyl (C=O) groups is 1. The number of fused-ring (bicyclic) bond motifs is 1. The van der Waals surface area contributed by atoms with E-state index < -0.39 is 23.6 Å². The number of carboxylic acids is 1. The van der Waals surface area contributed by atoms with Crippen LogP contribution in [0.5, 0.6) is 0 Å². The molecule has 15 heavy (non-hydrogen) atoms. The lowest BCUT2D eigenvalue weighted by atomic mass is 9.97. The van der Waals surface area contributed by atoms with Crippen molar-refractivity contribution in [2.75, 3.05) is 5.32 Å². The fraction of sp³-hybridized carbons (Fsp3) is 0.300. The summed E-state index contributed by atoms with van der Waals surface area (Å²) in [6.45, 7) is 0. The third kappa shape index (κ3) is 1.65. The van der Waals surface area contributed by atoms with Gasteiger partial charge in [0.2, 0.25) is 0 Å². The van der Waals surface area contributed by atoms with E-state index in [0.29, 0.717) is 5.69 Å². The molecule has 0 radical (unpaired) electrons. The Balaban J connectivity index is 2.36. The first kappa shape index (κ1) is 9.89. The molecule has 1 aromatic carbocycles. The topological polar surface area (TPSA) is 49.3 Å². The predicted octanol–water partition coefficient (Wildman–Crippen LogP) is 1.78. The maximum atomic E-state index is 13.2. The van der Waals surface area contributed by atoms with Gasteiger partial charge in [-0.3, -0.25) is 0 Å². The van der Waals surface area contributed by atoms with E-state index in [1.807, 2.05) is 0 Å². The van der Waals surface area contributed by atoms with Crippen molar-refractivity contribution in [3.05, 3.63) is 29.3 Å². The normalized spacial score (nSPS) is 19.2. The Labute approximate surface area is 84.7 Å². The van der Waals surface area contributed by atoms with Crippen LogP contribution in [0, 0.1) is 11.6 Å². The number of hydrogen-bond acceptors (Lipinski definition) is 2. The molecule has 0 amide bonds. The molecule has 5 heteroatoms. The quantitative estimate of drug-likeness (QED) is 0.747. The Morgan fingerprint density at radius 2 is 2.20 bits per heavy atom. The minimum atomic E-state index is -0.981. The SMILES string of the molecule is O=C(O)[C@@H]1CCc2c(ccc(F)c2F)N1. The average molecular weight is 213 g/mol. The van der Waals surface area contributed by atoms with Crippen LogP contribution in [-0.4, -0.2) is 17.1 Å². The molecular formula is C10H9F2NO2. The largest absolute Gasteiger partial charge is 0.480 e. The number of carboxylic acid groups (broad SMARTS) is 1. The highest BCUT2D eigenvalue weighted by atomic mass is 19.2. The van der Waals surface area contributed by atoms with Crippen molar-refractivity contribution in [1.82, 2.24) is 0 Å². The van der Waals surface area contributed by atoms with E-state index in [1.165, 1.54) is 6.07 Å². The van der Waals surface area contributed by atoms with Gasteiger partial charge in [-0.25, -0.2) is 13.6 Å². The summed E-state index contributed by atoms with van der Waals surface area (Å²) in [5.41, 5.74) is 0.597. The minimum Gasteiger partial charge on any atom is -0.480 e. The highest BCUT2D eigenvalue weighted by Crippen LogP contribution is 2.28. The molecule has 1 aromatic rings. The van der Waals surface area contributed by atoms with Gasteiger partial charge < -0.3 is 10.4 Å². The first-order valence-electron chi connectivity index (χ1n) is 4.56. The van der Waals surface area contributed by atoms with Crippen LogP contribution in [0.4, 0.5) is 14.5 Å². The molecule has 1 aliphatic rings. The summed E-state index contributed by atoms with van der Waals surface area (Å²) in [6.07, 6.45) is 0.506. The summed E-state index contributed by atoms with van der Waals surface area (Å²) in [5.74, 6) is -2.77. The fourth-order valence-corrected chi connectivity index (χ4v) is 1.71. The summed E-state index contributed by atoms with van der Waals surface area (Å²) in [5, 5.41) is 11.4. The Hall–Kier alpha value is -1.65. The van der Waals surface area contributed by atoms with Crippen LogP contribution in [0.3, 0.4) is 0 Å². The maximum Gasteiger partial charge on any atom is 0.326 e. The molecule has 0 spiro atoms. The van der Waals surface area contributed by atoms with Crippen molar-refractivity contribution < 1.29 is 18.7 Å². The molecule has 2 rings (SSSR count). The number of anilines is 1. The van der Waals surface area contributed by atoms with Crippen molar-refractivity contribution in [3.63, 3.8) is 0 Å². The monoisotopic (exact) mass is 213 g/mol. The van der Waals surface area contributed by atoms with E-state index in [2.05, 4.69) is 5.32 Å². The van der Waals surface area contributed by atoms with E-state index in [9.17, 15) is 13.6 Å². The average Bonchev–Trinajstić information content (AvgIpc) is 2.23. The zero-order valence-corrected chi connectivity index (χ0v) is 7.76. The Morgan fingerprint density at radius 3 is 2.87 bits per heavy atom. The fourth-order valence-electron chi connectivity index (χ4n) is 1.71. The molecule has 0 aliphatic carbocycles. The lowest BCUT2D eigenvalue weighted by Crippen LogP contribution is -2.33. The standard InChI is InChI=1S/C10H9F2NO2/c11-6-2-4-7-5(9(6)12)1-3-8(13-7)10(14)15/h2,4,8,13H,1,3H2,(H,14,15)/t8-/m0/s1. The lowest BCUT2D eigenvalue weighted by Gasteiger charge is -2.24. The highest BCUT2D eigenvalue weighted by molar-refractivity contribution is 5.78. The van der Waals surface area contributed by atoms with Gasteiger partial charge in [0.15, 0.2) is 11.6 Å². The van der Waals surface area contributed by atoms with E-state index in [0.717, 1.165) is 6.07 Å². The molecule has 3 nitrogen and oxygen atoms in total. The zero-order chi connectivity index (χ0) is 11.0. The molecule has 1 atom stereocenters. The molecule has 80 valence electrons. The molecule has 0 unspecified atom stereocenters. The second kappa shape index (κ2) is 3.49. The van der Waals surface area contributed by atoms with Gasteiger partial charge in [0.05, 0.1) is 0 Å². The number of hydrogen-bond donors (Lipinski definition) is 2. The Bertz CT molecular complexity index is 420. The van der Waals surface area contributed by atoms with Crippen LogP contribution in [0.1, 0.15) is 12.0 Å². The van der Waals surface area contributed by atoms with Gasteiger partial charge in [0.25, 0.3) is 0 Å². The van der Waals surface area contributed by atoms with Gasteiger partial charge in [-0.2, -0.15) is 0 Å². The molecule has 0 fully saturated rings. The third-order valence-corrected chi connectivity index (χ3v) is 2.51. The molecular weight excluding hydrogens is 204 g/mol. The number of halogens is 2. The van der Waals surface area contributed by atoms with Crippen molar-refractivity contribution >= 4 is 11.7 Å². The van der Waals surface area contributed by atoms with Crippen molar-refractivity contribution in [2.45, 2.75) is 18.9 Å². The minimum absolute atomic E-state index is 0.229. The van der Waals surface area contributed by atoms with Crippen molar-refractivity contribution in [1.29, 1.82) is 0 Å². The highest BCUT2D eigenvalue weighted by Gasteiger charge is 2.26. The molecule has 0 aromatic heterocycles. The van der Waals surface area contributed by atoms with Gasteiger partial charge in [0, 0.05) is 11.3 Å². The van der Waals surface area contributed by atoms with Crippen molar-refractivity contribution in [2.24, 2.45) is 0 Å². The Morgan fingerprint density at radius 1 is 1.47 bits per heavy atom. The summed E-state index contributed by atoms with van der Waals surface area (Å²) in [4.78, 5) is 10.7. The van der Waals surface area contributed by atoms with Gasteiger partial charge in [-0.15, -0.1) is 0 Å². The summed E-state index contributed by atoms with van der Waals surface area (Å²) in [7, 11) is 0.